The summed E-state index contributed by atoms with van der Waals surface area (Å²) in [5, 5.41) is 3.97. The molecule has 1 amide bonds. The van der Waals surface area contributed by atoms with E-state index in [9.17, 15) is 4.79 Å². The van der Waals surface area contributed by atoms with Gasteiger partial charge in [-0.1, -0.05) is 0 Å². The molecule has 2 aromatic carbocycles. The van der Waals surface area contributed by atoms with Crippen molar-refractivity contribution in [2.45, 2.75) is 20.0 Å². The third-order valence-electron chi connectivity index (χ3n) is 3.28. The molecule has 0 fully saturated rings. The Bertz CT molecular complexity index is 740. The Morgan fingerprint density at radius 2 is 1.76 bits per heavy atom. The molecule has 0 aliphatic carbocycles. The monoisotopic (exact) mass is 342 g/mol. The van der Waals surface area contributed by atoms with Crippen LogP contribution in [0.1, 0.15) is 29.8 Å². The van der Waals surface area contributed by atoms with Gasteiger partial charge in [-0.15, -0.1) is 0 Å². The van der Waals surface area contributed by atoms with Gasteiger partial charge in [0.1, 0.15) is 5.75 Å². The van der Waals surface area contributed by atoms with E-state index in [1.165, 1.54) is 0 Å². The van der Waals surface area contributed by atoms with Crippen LogP contribution in [0.15, 0.2) is 47.6 Å². The minimum absolute atomic E-state index is 0.0530. The van der Waals surface area contributed by atoms with Gasteiger partial charge in [-0.3, -0.25) is 4.79 Å². The maximum Gasteiger partial charge on any atom is 0.271 e. The average molecular weight is 342 g/mol. The fourth-order valence-corrected chi connectivity index (χ4v) is 2.09. The van der Waals surface area contributed by atoms with E-state index in [0.29, 0.717) is 22.8 Å². The molecule has 1 N–H and O–H groups in total. The average Bonchev–Trinajstić information content (AvgIpc) is 2.62. The number of carbonyl (C=O) groups is 1. The van der Waals surface area contributed by atoms with E-state index in [4.69, 9.17) is 14.2 Å². The summed E-state index contributed by atoms with van der Waals surface area (Å²) in [6.45, 7) is 3.90. The molecule has 2 rings (SSSR count). The first-order valence-electron chi connectivity index (χ1n) is 7.85. The van der Waals surface area contributed by atoms with Crippen molar-refractivity contribution in [3.05, 3.63) is 53.6 Å². The topological polar surface area (TPSA) is 69.2 Å². The predicted molar refractivity (Wildman–Crippen MR) is 96.8 cm³/mol. The van der Waals surface area contributed by atoms with Gasteiger partial charge in [0, 0.05) is 5.56 Å². The summed E-state index contributed by atoms with van der Waals surface area (Å²) in [4.78, 5) is 12.0. The lowest BCUT2D eigenvalue weighted by molar-refractivity contribution is 0.0955. The number of benzene rings is 2. The van der Waals surface area contributed by atoms with Crippen LogP contribution in [-0.2, 0) is 0 Å². The zero-order valence-corrected chi connectivity index (χ0v) is 14.8. The van der Waals surface area contributed by atoms with E-state index in [0.717, 1.165) is 5.56 Å². The maximum absolute atomic E-state index is 12.0. The summed E-state index contributed by atoms with van der Waals surface area (Å²) in [6, 6.07) is 12.2. The Labute approximate surface area is 147 Å². The number of nitrogens with one attached hydrogen (secondary N) is 1. The lowest BCUT2D eigenvalue weighted by Crippen LogP contribution is -2.17. The second-order valence-electron chi connectivity index (χ2n) is 5.50. The Morgan fingerprint density at radius 3 is 2.36 bits per heavy atom. The van der Waals surface area contributed by atoms with Gasteiger partial charge in [-0.25, -0.2) is 5.43 Å². The number of carbonyl (C=O) groups excluding carboxylic acids is 1. The highest BCUT2D eigenvalue weighted by Crippen LogP contribution is 2.28. The number of hydrazone groups is 1. The molecular weight excluding hydrogens is 320 g/mol. The van der Waals surface area contributed by atoms with E-state index in [2.05, 4.69) is 10.5 Å². The van der Waals surface area contributed by atoms with E-state index in [1.807, 2.05) is 26.0 Å². The van der Waals surface area contributed by atoms with Crippen LogP contribution in [0, 0.1) is 0 Å². The van der Waals surface area contributed by atoms with Gasteiger partial charge < -0.3 is 14.2 Å². The highest BCUT2D eigenvalue weighted by atomic mass is 16.5. The van der Waals surface area contributed by atoms with Crippen LogP contribution in [0.2, 0.25) is 0 Å². The third kappa shape index (κ3) is 5.24. The van der Waals surface area contributed by atoms with Crippen LogP contribution in [-0.4, -0.2) is 32.4 Å². The fourth-order valence-electron chi connectivity index (χ4n) is 2.09. The van der Waals surface area contributed by atoms with Crippen LogP contribution in [0.3, 0.4) is 0 Å². The first kappa shape index (κ1) is 18.3. The number of hydrogen-bond donors (Lipinski definition) is 1. The number of ether oxygens (including phenoxy) is 3. The molecule has 0 heterocycles. The molecule has 25 heavy (non-hydrogen) atoms. The molecule has 6 nitrogen and oxygen atoms in total. The van der Waals surface area contributed by atoms with Crippen molar-refractivity contribution < 1.29 is 19.0 Å². The fraction of sp³-hybridized carbons (Fsp3) is 0.263. The van der Waals surface area contributed by atoms with Crippen molar-refractivity contribution in [1.82, 2.24) is 5.43 Å². The lowest BCUT2D eigenvalue weighted by atomic mass is 10.2. The standard InChI is InChI=1S/C19H22N2O4/c1-13(2)25-17-10-5-14(11-18(17)24-4)12-20-21-19(22)15-6-8-16(23-3)9-7-15/h5-13H,1-4H3,(H,21,22)/b20-12-. The minimum atomic E-state index is -0.300. The van der Waals surface area contributed by atoms with Crippen LogP contribution in [0.4, 0.5) is 0 Å². The highest BCUT2D eigenvalue weighted by Gasteiger charge is 2.07. The highest BCUT2D eigenvalue weighted by molar-refractivity contribution is 5.95. The third-order valence-corrected chi connectivity index (χ3v) is 3.28. The van der Waals surface area contributed by atoms with Gasteiger partial charge in [0.05, 0.1) is 26.5 Å². The second kappa shape index (κ2) is 8.73. The molecule has 0 radical (unpaired) electrons. The molecule has 0 spiro atoms. The van der Waals surface area contributed by atoms with E-state index in [-0.39, 0.29) is 12.0 Å². The van der Waals surface area contributed by atoms with Crippen molar-refractivity contribution in [2.75, 3.05) is 14.2 Å². The van der Waals surface area contributed by atoms with Gasteiger partial charge in [-0.05, 0) is 61.9 Å². The van der Waals surface area contributed by atoms with E-state index < -0.39 is 0 Å². The SMILES string of the molecule is COc1ccc(C(=O)N/N=C\c2ccc(OC(C)C)c(OC)c2)cc1. The van der Waals surface area contributed by atoms with E-state index >= 15 is 0 Å². The van der Waals surface area contributed by atoms with Crippen molar-refractivity contribution >= 4 is 12.1 Å². The number of methoxy groups -OCH3 is 2. The predicted octanol–water partition coefficient (Wildman–Crippen LogP) is 3.25. The van der Waals surface area contributed by atoms with Gasteiger partial charge >= 0.3 is 0 Å². The smallest absolute Gasteiger partial charge is 0.271 e. The Kier molecular flexibility index (Phi) is 6.39. The normalized spacial score (nSPS) is 10.8. The Balaban J connectivity index is 2.02. The zero-order valence-electron chi connectivity index (χ0n) is 14.8. The molecule has 0 saturated heterocycles. The molecule has 0 saturated carbocycles. The molecule has 0 bridgehead atoms. The summed E-state index contributed by atoms with van der Waals surface area (Å²) in [5.74, 6) is 1.66. The maximum atomic E-state index is 12.0. The largest absolute Gasteiger partial charge is 0.497 e. The molecular formula is C19H22N2O4. The van der Waals surface area contributed by atoms with Crippen molar-refractivity contribution in [3.8, 4) is 17.2 Å². The van der Waals surface area contributed by atoms with E-state index in [1.54, 1.807) is 50.8 Å². The van der Waals surface area contributed by atoms with Crippen LogP contribution in [0.5, 0.6) is 17.2 Å². The number of amides is 1. The molecule has 0 atom stereocenters. The summed E-state index contributed by atoms with van der Waals surface area (Å²) < 4.78 is 16.0. The molecule has 0 aromatic heterocycles. The van der Waals surface area contributed by atoms with Crippen molar-refractivity contribution in [2.24, 2.45) is 5.10 Å². The first-order chi connectivity index (χ1) is 12.0. The molecule has 132 valence electrons. The molecule has 2 aromatic rings. The van der Waals surface area contributed by atoms with Gasteiger partial charge in [0.25, 0.3) is 5.91 Å². The second-order valence-corrected chi connectivity index (χ2v) is 5.50. The number of hydrogen-bond acceptors (Lipinski definition) is 5. The Hall–Kier alpha value is -3.02. The van der Waals surface area contributed by atoms with Gasteiger partial charge in [-0.2, -0.15) is 5.10 Å². The van der Waals surface area contributed by atoms with Crippen LogP contribution >= 0.6 is 0 Å². The zero-order chi connectivity index (χ0) is 18.2. The molecule has 6 heteroatoms. The molecule has 0 aliphatic rings. The summed E-state index contributed by atoms with van der Waals surface area (Å²) in [7, 11) is 3.15. The molecule has 0 unspecified atom stereocenters. The minimum Gasteiger partial charge on any atom is -0.497 e. The summed E-state index contributed by atoms with van der Waals surface area (Å²) >= 11 is 0. The van der Waals surface area contributed by atoms with Gasteiger partial charge in [0.2, 0.25) is 0 Å². The molecule has 0 aliphatic heterocycles. The van der Waals surface area contributed by atoms with Gasteiger partial charge in [0.15, 0.2) is 11.5 Å². The van der Waals surface area contributed by atoms with Crippen molar-refractivity contribution in [3.63, 3.8) is 0 Å². The lowest BCUT2D eigenvalue weighted by Gasteiger charge is -2.13. The quantitative estimate of drug-likeness (QED) is 0.619. The summed E-state index contributed by atoms with van der Waals surface area (Å²) in [6.07, 6.45) is 1.60. The van der Waals surface area contributed by atoms with Crippen LogP contribution < -0.4 is 19.6 Å². The summed E-state index contributed by atoms with van der Waals surface area (Å²) in [5.41, 5.74) is 3.76. The Morgan fingerprint density at radius 1 is 1.04 bits per heavy atom. The van der Waals surface area contributed by atoms with Crippen LogP contribution in [0.25, 0.3) is 0 Å². The number of nitrogens with zero attached hydrogens (tertiary/aromatic N) is 1. The van der Waals surface area contributed by atoms with Crippen molar-refractivity contribution in [1.29, 1.82) is 0 Å². The first-order valence-corrected chi connectivity index (χ1v) is 7.85. The number of rotatable bonds is 7.